The van der Waals surface area contributed by atoms with E-state index >= 15 is 0 Å². The maximum Gasteiger partial charge on any atom is 0.416 e. The molecule has 1 rings (SSSR count). The van der Waals surface area contributed by atoms with Gasteiger partial charge in [0.15, 0.2) is 6.61 Å². The standard InChI is InChI=1S/C16H20F3N3O7S/c1-28-8-7-20-15(25)22-13(23)10-29-14(24)5-6-21-30(26,27)12-4-2-3-11(9-12)16(17,18)19/h2-4,9,21H,5-8,10H2,1H3,(H2,20,22,23,25). The average molecular weight is 455 g/mol. The second-order valence-electron chi connectivity index (χ2n) is 5.63. The van der Waals surface area contributed by atoms with Crippen LogP contribution in [0, 0.1) is 0 Å². The Bertz CT molecular complexity index is 860. The van der Waals surface area contributed by atoms with Crippen molar-refractivity contribution in [2.24, 2.45) is 0 Å². The Hall–Kier alpha value is -2.71. The van der Waals surface area contributed by atoms with Gasteiger partial charge in [-0.3, -0.25) is 14.9 Å². The predicted octanol–water partition coefficient (Wildman–Crippen LogP) is 0.389. The van der Waals surface area contributed by atoms with Crippen molar-refractivity contribution in [1.82, 2.24) is 15.4 Å². The smallest absolute Gasteiger partial charge is 0.416 e. The molecule has 0 bridgehead atoms. The molecule has 0 heterocycles. The summed E-state index contributed by atoms with van der Waals surface area (Å²) in [5, 5.41) is 4.19. The number of methoxy groups -OCH3 is 1. The lowest BCUT2D eigenvalue weighted by molar-refractivity contribution is -0.148. The number of hydrogen-bond donors (Lipinski definition) is 3. The first-order chi connectivity index (χ1) is 14.0. The maximum atomic E-state index is 12.7. The quantitative estimate of drug-likeness (QED) is 0.342. The topological polar surface area (TPSA) is 140 Å². The molecule has 0 aliphatic rings. The van der Waals surface area contributed by atoms with Gasteiger partial charge in [0, 0.05) is 20.2 Å². The molecule has 0 aromatic heterocycles. The number of nitrogens with one attached hydrogen (secondary N) is 3. The summed E-state index contributed by atoms with van der Waals surface area (Å²) in [5.74, 6) is -1.88. The largest absolute Gasteiger partial charge is 0.456 e. The number of amides is 3. The molecule has 10 nitrogen and oxygen atoms in total. The van der Waals surface area contributed by atoms with E-state index in [1.54, 1.807) is 0 Å². The summed E-state index contributed by atoms with van der Waals surface area (Å²) in [5.41, 5.74) is -1.14. The van der Waals surface area contributed by atoms with Crippen molar-refractivity contribution in [2.45, 2.75) is 17.5 Å². The highest BCUT2D eigenvalue weighted by molar-refractivity contribution is 7.89. The molecule has 3 N–H and O–H groups in total. The van der Waals surface area contributed by atoms with E-state index in [0.717, 1.165) is 18.2 Å². The minimum Gasteiger partial charge on any atom is -0.456 e. The zero-order valence-corrected chi connectivity index (χ0v) is 16.6. The van der Waals surface area contributed by atoms with Crippen LogP contribution >= 0.6 is 0 Å². The fourth-order valence-corrected chi connectivity index (χ4v) is 2.98. The number of sulfonamides is 1. The van der Waals surface area contributed by atoms with Crippen molar-refractivity contribution in [1.29, 1.82) is 0 Å². The Morgan fingerprint density at radius 1 is 1.13 bits per heavy atom. The van der Waals surface area contributed by atoms with Gasteiger partial charge in [-0.25, -0.2) is 17.9 Å². The first kappa shape index (κ1) is 25.3. The maximum absolute atomic E-state index is 12.7. The summed E-state index contributed by atoms with van der Waals surface area (Å²) >= 11 is 0. The number of carbonyl (C=O) groups is 3. The van der Waals surface area contributed by atoms with Gasteiger partial charge in [-0.1, -0.05) is 6.07 Å². The molecule has 1 aromatic carbocycles. The van der Waals surface area contributed by atoms with Gasteiger partial charge in [-0.05, 0) is 18.2 Å². The Morgan fingerprint density at radius 3 is 2.47 bits per heavy atom. The van der Waals surface area contributed by atoms with Gasteiger partial charge < -0.3 is 14.8 Å². The Kier molecular flexibility index (Phi) is 9.68. The predicted molar refractivity (Wildman–Crippen MR) is 95.6 cm³/mol. The molecule has 0 atom stereocenters. The summed E-state index contributed by atoms with van der Waals surface area (Å²) in [4.78, 5) is 33.7. The SMILES string of the molecule is COCCNC(=O)NC(=O)COC(=O)CCNS(=O)(=O)c1cccc(C(F)(F)F)c1. The average Bonchev–Trinajstić information content (AvgIpc) is 2.66. The summed E-state index contributed by atoms with van der Waals surface area (Å²) < 4.78 is 73.4. The van der Waals surface area contributed by atoms with Crippen LogP contribution in [0.4, 0.5) is 18.0 Å². The Morgan fingerprint density at radius 2 is 1.83 bits per heavy atom. The Labute approximate surface area is 170 Å². The number of urea groups is 1. The van der Waals surface area contributed by atoms with E-state index in [0.29, 0.717) is 6.07 Å². The molecule has 14 heteroatoms. The van der Waals surface area contributed by atoms with Crippen LogP contribution < -0.4 is 15.4 Å². The van der Waals surface area contributed by atoms with Crippen molar-refractivity contribution in [3.8, 4) is 0 Å². The third-order valence-electron chi connectivity index (χ3n) is 3.30. The highest BCUT2D eigenvalue weighted by Gasteiger charge is 2.31. The second kappa shape index (κ2) is 11.5. The van der Waals surface area contributed by atoms with Gasteiger partial charge in [0.05, 0.1) is 23.5 Å². The molecule has 0 radical (unpaired) electrons. The van der Waals surface area contributed by atoms with Crippen LogP contribution in [0.15, 0.2) is 29.2 Å². The zero-order valence-electron chi connectivity index (χ0n) is 15.7. The van der Waals surface area contributed by atoms with E-state index in [4.69, 9.17) is 4.74 Å². The fraction of sp³-hybridized carbons (Fsp3) is 0.438. The number of carbonyl (C=O) groups excluding carboxylic acids is 3. The van der Waals surface area contributed by atoms with Crippen LogP contribution in [0.3, 0.4) is 0 Å². The van der Waals surface area contributed by atoms with Crippen LogP contribution in [0.25, 0.3) is 0 Å². The van der Waals surface area contributed by atoms with Gasteiger partial charge in [-0.15, -0.1) is 0 Å². The van der Waals surface area contributed by atoms with E-state index in [1.165, 1.54) is 7.11 Å². The van der Waals surface area contributed by atoms with Crippen molar-refractivity contribution in [2.75, 3.05) is 33.4 Å². The third-order valence-corrected chi connectivity index (χ3v) is 4.76. The molecule has 3 amide bonds. The van der Waals surface area contributed by atoms with Crippen LogP contribution in [-0.4, -0.2) is 59.7 Å². The first-order valence-corrected chi connectivity index (χ1v) is 9.83. The molecule has 1 aromatic rings. The summed E-state index contributed by atoms with van der Waals surface area (Å²) in [7, 11) is -2.88. The number of esters is 1. The van der Waals surface area contributed by atoms with E-state index in [1.807, 2.05) is 10.0 Å². The number of halogens is 3. The molecule has 0 saturated heterocycles. The van der Waals surface area contributed by atoms with Crippen LogP contribution in [0.2, 0.25) is 0 Å². The molecule has 30 heavy (non-hydrogen) atoms. The second-order valence-corrected chi connectivity index (χ2v) is 7.40. The van der Waals surface area contributed by atoms with Crippen molar-refractivity contribution >= 4 is 27.9 Å². The Balaban J connectivity index is 2.42. The van der Waals surface area contributed by atoms with E-state index in [9.17, 15) is 36.0 Å². The molecule has 0 fully saturated rings. The highest BCUT2D eigenvalue weighted by atomic mass is 32.2. The first-order valence-electron chi connectivity index (χ1n) is 8.35. The molecule has 0 aliphatic heterocycles. The zero-order chi connectivity index (χ0) is 22.8. The lowest BCUT2D eigenvalue weighted by Crippen LogP contribution is -2.42. The fourth-order valence-electron chi connectivity index (χ4n) is 1.90. The number of imide groups is 1. The monoisotopic (exact) mass is 455 g/mol. The van der Waals surface area contributed by atoms with Gasteiger partial charge in [0.1, 0.15) is 0 Å². The summed E-state index contributed by atoms with van der Waals surface area (Å²) in [6.07, 6.45) is -5.21. The van der Waals surface area contributed by atoms with Gasteiger partial charge in [-0.2, -0.15) is 13.2 Å². The molecular formula is C16H20F3N3O7S. The lowest BCUT2D eigenvalue weighted by atomic mass is 10.2. The van der Waals surface area contributed by atoms with Crippen LogP contribution in [-0.2, 0) is 35.3 Å². The van der Waals surface area contributed by atoms with E-state index in [-0.39, 0.29) is 13.2 Å². The van der Waals surface area contributed by atoms with Crippen LogP contribution in [0.5, 0.6) is 0 Å². The van der Waals surface area contributed by atoms with E-state index < -0.39 is 64.1 Å². The summed E-state index contributed by atoms with van der Waals surface area (Å²) in [6, 6.07) is 2.28. The normalized spacial score (nSPS) is 11.6. The molecule has 0 aliphatic carbocycles. The minimum atomic E-state index is -4.71. The van der Waals surface area contributed by atoms with Crippen molar-refractivity contribution < 1.29 is 45.4 Å². The number of benzene rings is 1. The van der Waals surface area contributed by atoms with Gasteiger partial charge in [0.2, 0.25) is 10.0 Å². The number of hydrogen-bond acceptors (Lipinski definition) is 7. The minimum absolute atomic E-state index is 0.154. The summed E-state index contributed by atoms with van der Waals surface area (Å²) in [6.45, 7) is -0.873. The molecule has 0 spiro atoms. The molecule has 0 saturated carbocycles. The molecule has 168 valence electrons. The number of ether oxygens (including phenoxy) is 2. The molecule has 0 unspecified atom stereocenters. The highest BCUT2D eigenvalue weighted by Crippen LogP contribution is 2.30. The van der Waals surface area contributed by atoms with Crippen molar-refractivity contribution in [3.05, 3.63) is 29.8 Å². The lowest BCUT2D eigenvalue weighted by Gasteiger charge is -2.10. The van der Waals surface area contributed by atoms with Crippen molar-refractivity contribution in [3.63, 3.8) is 0 Å². The van der Waals surface area contributed by atoms with Gasteiger partial charge in [0.25, 0.3) is 5.91 Å². The van der Waals surface area contributed by atoms with Gasteiger partial charge >= 0.3 is 18.2 Å². The van der Waals surface area contributed by atoms with Crippen LogP contribution in [0.1, 0.15) is 12.0 Å². The number of rotatable bonds is 10. The third kappa shape index (κ3) is 9.19. The van der Waals surface area contributed by atoms with E-state index in [2.05, 4.69) is 10.1 Å². The number of alkyl halides is 3. The molecular weight excluding hydrogens is 435 g/mol.